The molecule has 3 N–H and O–H groups in total. The lowest BCUT2D eigenvalue weighted by atomic mass is 10.3. The number of benzene rings is 1. The molecular formula is C12H16BrFN2O2. The van der Waals surface area contributed by atoms with Crippen LogP contribution in [0.15, 0.2) is 16.6 Å². The Morgan fingerprint density at radius 1 is 1.56 bits per heavy atom. The van der Waals surface area contributed by atoms with Crippen molar-refractivity contribution >= 4 is 27.5 Å². The maximum atomic E-state index is 13.0. The van der Waals surface area contributed by atoms with Crippen molar-refractivity contribution < 1.29 is 13.9 Å². The van der Waals surface area contributed by atoms with Gasteiger partial charge in [0.15, 0.2) is 5.75 Å². The van der Waals surface area contributed by atoms with Crippen molar-refractivity contribution in [3.63, 3.8) is 0 Å². The van der Waals surface area contributed by atoms with Gasteiger partial charge in [0.25, 0.3) is 0 Å². The van der Waals surface area contributed by atoms with Crippen LogP contribution in [0.4, 0.5) is 10.1 Å². The van der Waals surface area contributed by atoms with Crippen molar-refractivity contribution in [1.29, 1.82) is 0 Å². The highest BCUT2D eigenvalue weighted by Gasteiger charge is 2.10. The monoisotopic (exact) mass is 318 g/mol. The van der Waals surface area contributed by atoms with Crippen molar-refractivity contribution in [3.05, 3.63) is 22.4 Å². The molecule has 0 heterocycles. The fraction of sp³-hybridized carbons (Fsp3) is 0.417. The molecule has 0 unspecified atom stereocenters. The molecule has 0 saturated heterocycles. The van der Waals surface area contributed by atoms with Gasteiger partial charge in [-0.25, -0.2) is 4.39 Å². The van der Waals surface area contributed by atoms with E-state index >= 15 is 0 Å². The number of nitrogens with one attached hydrogen (secondary N) is 1. The fourth-order valence-corrected chi connectivity index (χ4v) is 1.93. The molecule has 0 radical (unpaired) electrons. The molecule has 0 aliphatic rings. The molecule has 1 aromatic rings. The van der Waals surface area contributed by atoms with E-state index in [4.69, 9.17) is 10.5 Å². The minimum atomic E-state index is -0.440. The Hall–Kier alpha value is -1.30. The third kappa shape index (κ3) is 4.52. The number of carbonyl (C=O) groups is 1. The number of hydrogen-bond donors (Lipinski definition) is 2. The fourth-order valence-electron chi connectivity index (χ4n) is 1.37. The average Bonchev–Trinajstić information content (AvgIpc) is 2.20. The number of amides is 1. The largest absolute Gasteiger partial charge is 0.490 e. The molecule has 0 atom stereocenters. The van der Waals surface area contributed by atoms with Crippen LogP contribution in [0, 0.1) is 5.82 Å². The Labute approximate surface area is 114 Å². The van der Waals surface area contributed by atoms with Gasteiger partial charge >= 0.3 is 0 Å². The first-order valence-corrected chi connectivity index (χ1v) is 6.36. The molecule has 1 rings (SSSR count). The van der Waals surface area contributed by atoms with Crippen LogP contribution < -0.4 is 15.8 Å². The highest BCUT2D eigenvalue weighted by Crippen LogP contribution is 2.32. The summed E-state index contributed by atoms with van der Waals surface area (Å²) < 4.78 is 18.8. The quantitative estimate of drug-likeness (QED) is 0.820. The molecule has 1 aromatic carbocycles. The zero-order valence-electron chi connectivity index (χ0n) is 10.3. The van der Waals surface area contributed by atoms with E-state index < -0.39 is 5.82 Å². The first kappa shape index (κ1) is 14.8. The van der Waals surface area contributed by atoms with Crippen molar-refractivity contribution in [3.8, 4) is 5.75 Å². The van der Waals surface area contributed by atoms with Gasteiger partial charge in [-0.05, 0) is 35.8 Å². The second-order valence-corrected chi connectivity index (χ2v) is 4.98. The van der Waals surface area contributed by atoms with Crippen LogP contribution >= 0.6 is 15.9 Å². The number of ether oxygens (including phenoxy) is 1. The lowest BCUT2D eigenvalue weighted by Crippen LogP contribution is -2.31. The molecule has 1 amide bonds. The molecule has 0 aliphatic carbocycles. The van der Waals surface area contributed by atoms with Crippen molar-refractivity contribution in [1.82, 2.24) is 5.32 Å². The second kappa shape index (κ2) is 6.58. The van der Waals surface area contributed by atoms with E-state index in [0.29, 0.717) is 10.2 Å². The topological polar surface area (TPSA) is 64.3 Å². The van der Waals surface area contributed by atoms with E-state index in [0.717, 1.165) is 0 Å². The van der Waals surface area contributed by atoms with Gasteiger partial charge in [0, 0.05) is 12.1 Å². The number of halogens is 2. The molecule has 0 saturated carbocycles. The summed E-state index contributed by atoms with van der Waals surface area (Å²) in [7, 11) is 0. The lowest BCUT2D eigenvalue weighted by Gasteiger charge is -2.12. The van der Waals surface area contributed by atoms with Crippen molar-refractivity contribution in [2.24, 2.45) is 0 Å². The number of carbonyl (C=O) groups excluding carboxylic acids is 1. The minimum Gasteiger partial charge on any atom is -0.490 e. The smallest absolute Gasteiger partial charge is 0.223 e. The summed E-state index contributed by atoms with van der Waals surface area (Å²) in [5, 5.41) is 2.75. The zero-order chi connectivity index (χ0) is 13.7. The Kier molecular flexibility index (Phi) is 5.40. The summed E-state index contributed by atoms with van der Waals surface area (Å²) in [6.45, 7) is 3.95. The van der Waals surface area contributed by atoms with E-state index in [1.165, 1.54) is 12.1 Å². The predicted molar refractivity (Wildman–Crippen MR) is 71.9 cm³/mol. The van der Waals surface area contributed by atoms with Gasteiger partial charge in [0.05, 0.1) is 23.2 Å². The summed E-state index contributed by atoms with van der Waals surface area (Å²) in [6, 6.07) is 2.54. The summed E-state index contributed by atoms with van der Waals surface area (Å²) in [5.74, 6) is -0.181. The second-order valence-electron chi connectivity index (χ2n) is 4.13. The maximum absolute atomic E-state index is 13.0. The van der Waals surface area contributed by atoms with Crippen LogP contribution in [0.5, 0.6) is 5.75 Å². The number of nitrogen functional groups attached to an aromatic ring is 1. The predicted octanol–water partition coefficient (Wildman–Crippen LogP) is 2.46. The van der Waals surface area contributed by atoms with Crippen molar-refractivity contribution in [2.75, 3.05) is 12.3 Å². The van der Waals surface area contributed by atoms with E-state index in [-0.39, 0.29) is 30.7 Å². The van der Waals surface area contributed by atoms with Crippen LogP contribution in [-0.2, 0) is 4.79 Å². The first-order chi connectivity index (χ1) is 8.40. The molecule has 6 heteroatoms. The Morgan fingerprint density at radius 2 is 2.22 bits per heavy atom. The Morgan fingerprint density at radius 3 is 2.78 bits per heavy atom. The van der Waals surface area contributed by atoms with Crippen LogP contribution in [0.25, 0.3) is 0 Å². The van der Waals surface area contributed by atoms with Gasteiger partial charge in [-0.15, -0.1) is 0 Å². The van der Waals surface area contributed by atoms with Gasteiger partial charge in [0.1, 0.15) is 5.82 Å². The molecule has 0 spiro atoms. The normalized spacial score (nSPS) is 10.5. The van der Waals surface area contributed by atoms with E-state index in [1.807, 2.05) is 13.8 Å². The van der Waals surface area contributed by atoms with Crippen LogP contribution in [-0.4, -0.2) is 18.6 Å². The van der Waals surface area contributed by atoms with E-state index in [2.05, 4.69) is 21.2 Å². The molecule has 18 heavy (non-hydrogen) atoms. The molecule has 0 bridgehead atoms. The molecule has 0 aliphatic heterocycles. The molecular weight excluding hydrogens is 303 g/mol. The Bertz CT molecular complexity index is 415. The lowest BCUT2D eigenvalue weighted by molar-refractivity contribution is -0.122. The van der Waals surface area contributed by atoms with Gasteiger partial charge in [-0.1, -0.05) is 0 Å². The highest BCUT2D eigenvalue weighted by molar-refractivity contribution is 9.10. The SMILES string of the molecule is CC(C)NC(=O)CCOc1c(N)cc(F)cc1Br. The van der Waals surface area contributed by atoms with Crippen LogP contribution in [0.1, 0.15) is 20.3 Å². The summed E-state index contributed by atoms with van der Waals surface area (Å²) in [6.07, 6.45) is 0.224. The van der Waals surface area contributed by atoms with E-state index in [1.54, 1.807) is 0 Å². The number of rotatable bonds is 5. The zero-order valence-corrected chi connectivity index (χ0v) is 11.9. The molecule has 100 valence electrons. The number of hydrogen-bond acceptors (Lipinski definition) is 3. The van der Waals surface area contributed by atoms with Crippen LogP contribution in [0.2, 0.25) is 0 Å². The average molecular weight is 319 g/mol. The van der Waals surface area contributed by atoms with Gasteiger partial charge < -0.3 is 15.8 Å². The highest BCUT2D eigenvalue weighted by atomic mass is 79.9. The number of anilines is 1. The minimum absolute atomic E-state index is 0.0956. The standard InChI is InChI=1S/C12H16BrFN2O2/c1-7(2)16-11(17)3-4-18-12-9(13)5-8(14)6-10(12)15/h5-7H,3-4,15H2,1-2H3,(H,16,17). The summed E-state index contributed by atoms with van der Waals surface area (Å²) in [5.41, 5.74) is 5.82. The first-order valence-electron chi connectivity index (χ1n) is 5.57. The maximum Gasteiger partial charge on any atom is 0.223 e. The van der Waals surface area contributed by atoms with Gasteiger partial charge in [-0.3, -0.25) is 4.79 Å². The van der Waals surface area contributed by atoms with Crippen molar-refractivity contribution in [2.45, 2.75) is 26.3 Å². The molecule has 0 fully saturated rings. The third-order valence-corrected chi connectivity index (χ3v) is 2.65. The summed E-state index contributed by atoms with van der Waals surface area (Å²) in [4.78, 5) is 11.4. The van der Waals surface area contributed by atoms with Gasteiger partial charge in [0.2, 0.25) is 5.91 Å². The van der Waals surface area contributed by atoms with Gasteiger partial charge in [-0.2, -0.15) is 0 Å². The third-order valence-electron chi connectivity index (χ3n) is 2.06. The van der Waals surface area contributed by atoms with E-state index in [9.17, 15) is 9.18 Å². The Balaban J connectivity index is 2.52. The van der Waals surface area contributed by atoms with Crippen LogP contribution in [0.3, 0.4) is 0 Å². The molecule has 0 aromatic heterocycles. The number of nitrogens with two attached hydrogens (primary N) is 1. The summed E-state index contributed by atoms with van der Waals surface area (Å²) >= 11 is 3.16. The molecule has 4 nitrogen and oxygen atoms in total.